The second kappa shape index (κ2) is 10.3. The van der Waals surface area contributed by atoms with E-state index in [9.17, 15) is 18.0 Å². The van der Waals surface area contributed by atoms with Crippen LogP contribution in [0.15, 0.2) is 23.1 Å². The van der Waals surface area contributed by atoms with E-state index in [4.69, 9.17) is 11.6 Å². The Kier molecular flexibility index (Phi) is 7.99. The number of likely N-dealkylation sites (tertiary alicyclic amines) is 1. The van der Waals surface area contributed by atoms with E-state index in [0.29, 0.717) is 32.7 Å². The third-order valence-electron chi connectivity index (χ3n) is 6.04. The van der Waals surface area contributed by atoms with Crippen LogP contribution in [0.25, 0.3) is 0 Å². The van der Waals surface area contributed by atoms with Gasteiger partial charge in [0, 0.05) is 38.3 Å². The molecule has 0 radical (unpaired) electrons. The summed E-state index contributed by atoms with van der Waals surface area (Å²) >= 11 is 6.26. The standard InChI is InChI=1S/C22H32ClN3O4S/c1-3-10-24-21(27)18-7-5-11-25(15-18)22(28)17-8-9-19(23)20(13-17)31(29,30)26-12-4-6-16(2)14-26/h8-9,13,16,18H,3-7,10-12,14-15H2,1-2H3,(H,24,27). The molecule has 0 aromatic heterocycles. The minimum Gasteiger partial charge on any atom is -0.356 e. The molecule has 0 spiro atoms. The molecule has 7 nitrogen and oxygen atoms in total. The Bertz CT molecular complexity index is 921. The molecule has 31 heavy (non-hydrogen) atoms. The van der Waals surface area contributed by atoms with Gasteiger partial charge in [0.25, 0.3) is 5.91 Å². The smallest absolute Gasteiger partial charge is 0.253 e. The number of hydrogen-bond acceptors (Lipinski definition) is 4. The van der Waals surface area contributed by atoms with Crippen LogP contribution in [0.1, 0.15) is 56.3 Å². The molecule has 2 amide bonds. The number of carbonyl (C=O) groups excluding carboxylic acids is 2. The molecule has 3 rings (SSSR count). The molecule has 1 aromatic rings. The highest BCUT2D eigenvalue weighted by Crippen LogP contribution is 2.30. The Morgan fingerprint density at radius 3 is 2.61 bits per heavy atom. The summed E-state index contributed by atoms with van der Waals surface area (Å²) in [5.74, 6) is -0.253. The fraction of sp³-hybridized carbons (Fsp3) is 0.636. The predicted octanol–water partition coefficient (Wildman–Crippen LogP) is 3.14. The normalized spacial score (nSPS) is 22.9. The van der Waals surface area contributed by atoms with Gasteiger partial charge in [-0.05, 0) is 56.2 Å². The van der Waals surface area contributed by atoms with Crippen molar-refractivity contribution in [3.05, 3.63) is 28.8 Å². The van der Waals surface area contributed by atoms with E-state index in [1.165, 1.54) is 16.4 Å². The van der Waals surface area contributed by atoms with Gasteiger partial charge in [0.1, 0.15) is 4.90 Å². The van der Waals surface area contributed by atoms with Crippen molar-refractivity contribution in [2.24, 2.45) is 11.8 Å². The van der Waals surface area contributed by atoms with Crippen LogP contribution in [0.4, 0.5) is 0 Å². The van der Waals surface area contributed by atoms with Crippen LogP contribution in [0, 0.1) is 11.8 Å². The topological polar surface area (TPSA) is 86.8 Å². The molecule has 1 aromatic carbocycles. The highest BCUT2D eigenvalue weighted by molar-refractivity contribution is 7.89. The molecule has 9 heteroatoms. The van der Waals surface area contributed by atoms with Gasteiger partial charge in [-0.3, -0.25) is 9.59 Å². The largest absolute Gasteiger partial charge is 0.356 e. The van der Waals surface area contributed by atoms with Gasteiger partial charge < -0.3 is 10.2 Å². The van der Waals surface area contributed by atoms with Gasteiger partial charge in [-0.25, -0.2) is 8.42 Å². The number of halogens is 1. The summed E-state index contributed by atoms with van der Waals surface area (Å²) in [7, 11) is -3.78. The molecule has 2 aliphatic heterocycles. The molecule has 2 unspecified atom stereocenters. The van der Waals surface area contributed by atoms with Crippen LogP contribution in [-0.2, 0) is 14.8 Å². The van der Waals surface area contributed by atoms with E-state index in [2.05, 4.69) is 5.32 Å². The maximum absolute atomic E-state index is 13.2. The first-order valence-corrected chi connectivity index (χ1v) is 12.9. The minimum atomic E-state index is -3.78. The zero-order valence-electron chi connectivity index (χ0n) is 18.3. The second-order valence-electron chi connectivity index (χ2n) is 8.64. The first kappa shape index (κ1) is 24.0. The fourth-order valence-corrected chi connectivity index (χ4v) is 6.39. The van der Waals surface area contributed by atoms with Crippen LogP contribution >= 0.6 is 11.6 Å². The average molecular weight is 470 g/mol. The third kappa shape index (κ3) is 5.59. The van der Waals surface area contributed by atoms with E-state index in [1.807, 2.05) is 13.8 Å². The van der Waals surface area contributed by atoms with E-state index in [1.54, 1.807) is 11.0 Å². The van der Waals surface area contributed by atoms with E-state index < -0.39 is 10.0 Å². The summed E-state index contributed by atoms with van der Waals surface area (Å²) in [6.07, 6.45) is 4.15. The maximum Gasteiger partial charge on any atom is 0.253 e. The lowest BCUT2D eigenvalue weighted by molar-refractivity contribution is -0.126. The molecule has 1 N–H and O–H groups in total. The van der Waals surface area contributed by atoms with Gasteiger partial charge in [-0.15, -0.1) is 0 Å². The Labute approximate surface area is 190 Å². The SMILES string of the molecule is CCCNC(=O)C1CCCN(C(=O)c2ccc(Cl)c(S(=O)(=O)N3CCCC(C)C3)c2)C1. The highest BCUT2D eigenvalue weighted by Gasteiger charge is 2.32. The number of benzene rings is 1. The van der Waals surface area contributed by atoms with E-state index >= 15 is 0 Å². The number of nitrogens with zero attached hydrogens (tertiary/aromatic N) is 2. The van der Waals surface area contributed by atoms with Gasteiger partial charge in [0.05, 0.1) is 10.9 Å². The third-order valence-corrected chi connectivity index (χ3v) is 8.39. The summed E-state index contributed by atoms with van der Waals surface area (Å²) in [4.78, 5) is 27.1. The van der Waals surface area contributed by atoms with Crippen molar-refractivity contribution in [2.75, 3.05) is 32.7 Å². The van der Waals surface area contributed by atoms with Crippen molar-refractivity contribution in [1.29, 1.82) is 0 Å². The number of sulfonamides is 1. The molecular weight excluding hydrogens is 438 g/mol. The van der Waals surface area contributed by atoms with Gasteiger partial charge in [0.15, 0.2) is 0 Å². The Morgan fingerprint density at radius 1 is 1.16 bits per heavy atom. The summed E-state index contributed by atoms with van der Waals surface area (Å²) in [6, 6.07) is 4.42. The van der Waals surface area contributed by atoms with Gasteiger partial charge in [-0.1, -0.05) is 25.4 Å². The Hall–Kier alpha value is -1.64. The molecule has 2 heterocycles. The number of rotatable bonds is 6. The van der Waals surface area contributed by atoms with Crippen molar-refractivity contribution in [3.63, 3.8) is 0 Å². The predicted molar refractivity (Wildman–Crippen MR) is 121 cm³/mol. The van der Waals surface area contributed by atoms with Crippen molar-refractivity contribution in [3.8, 4) is 0 Å². The van der Waals surface area contributed by atoms with Crippen LogP contribution in [-0.4, -0.2) is 62.2 Å². The average Bonchev–Trinajstić information content (AvgIpc) is 2.77. The maximum atomic E-state index is 13.2. The van der Waals surface area contributed by atoms with Crippen LogP contribution in [0.2, 0.25) is 5.02 Å². The minimum absolute atomic E-state index is 0.0247. The second-order valence-corrected chi connectivity index (χ2v) is 11.0. The van der Waals surface area contributed by atoms with Crippen molar-refractivity contribution >= 4 is 33.4 Å². The first-order chi connectivity index (χ1) is 14.7. The van der Waals surface area contributed by atoms with Crippen molar-refractivity contribution < 1.29 is 18.0 Å². The van der Waals surface area contributed by atoms with Crippen LogP contribution in [0.5, 0.6) is 0 Å². The zero-order valence-corrected chi connectivity index (χ0v) is 19.8. The lowest BCUT2D eigenvalue weighted by Gasteiger charge is -2.32. The van der Waals surface area contributed by atoms with Gasteiger partial charge in [0.2, 0.25) is 15.9 Å². The summed E-state index contributed by atoms with van der Waals surface area (Å²) in [5, 5.41) is 3.01. The molecule has 2 saturated heterocycles. The van der Waals surface area contributed by atoms with E-state index in [-0.39, 0.29) is 39.1 Å². The quantitative estimate of drug-likeness (QED) is 0.693. The molecule has 0 saturated carbocycles. The highest BCUT2D eigenvalue weighted by atomic mass is 35.5. The lowest BCUT2D eigenvalue weighted by atomic mass is 9.96. The number of nitrogens with one attached hydrogen (secondary N) is 1. The summed E-state index contributed by atoms with van der Waals surface area (Å²) in [5.41, 5.74) is 0.280. The van der Waals surface area contributed by atoms with Gasteiger partial charge in [-0.2, -0.15) is 4.31 Å². The molecular formula is C22H32ClN3O4S. The van der Waals surface area contributed by atoms with Crippen molar-refractivity contribution in [1.82, 2.24) is 14.5 Å². The molecule has 0 aliphatic carbocycles. The molecule has 2 fully saturated rings. The molecule has 2 atom stereocenters. The molecule has 172 valence electrons. The Balaban J connectivity index is 1.79. The Morgan fingerprint density at radius 2 is 1.90 bits per heavy atom. The summed E-state index contributed by atoms with van der Waals surface area (Å²) in [6.45, 7) is 6.45. The van der Waals surface area contributed by atoms with Crippen LogP contribution in [0.3, 0.4) is 0 Å². The molecule has 0 bridgehead atoms. The number of piperidine rings is 2. The molecule has 2 aliphatic rings. The number of hydrogen-bond donors (Lipinski definition) is 1. The van der Waals surface area contributed by atoms with E-state index in [0.717, 1.165) is 32.1 Å². The van der Waals surface area contributed by atoms with Crippen LogP contribution < -0.4 is 5.32 Å². The fourth-order valence-electron chi connectivity index (χ4n) is 4.29. The summed E-state index contributed by atoms with van der Waals surface area (Å²) < 4.78 is 27.9. The zero-order chi connectivity index (χ0) is 22.6. The number of carbonyl (C=O) groups is 2. The number of amides is 2. The van der Waals surface area contributed by atoms with Gasteiger partial charge >= 0.3 is 0 Å². The first-order valence-electron chi connectivity index (χ1n) is 11.1. The monoisotopic (exact) mass is 469 g/mol. The van der Waals surface area contributed by atoms with Crippen molar-refractivity contribution in [2.45, 2.75) is 50.8 Å². The lowest BCUT2D eigenvalue weighted by Crippen LogP contribution is -2.45.